The molecule has 1 aromatic heterocycles. The number of aryl methyl sites for hydroxylation is 2. The van der Waals surface area contributed by atoms with E-state index in [-0.39, 0.29) is 5.91 Å². The molecular weight excluding hydrogens is 384 g/mol. The van der Waals surface area contributed by atoms with Gasteiger partial charge in [0.1, 0.15) is 11.5 Å². The zero-order chi connectivity index (χ0) is 20.6. The number of benzene rings is 2. The molecule has 1 N–H and O–H groups in total. The predicted molar refractivity (Wildman–Crippen MR) is 118 cm³/mol. The van der Waals surface area contributed by atoms with Gasteiger partial charge in [0, 0.05) is 17.4 Å². The highest BCUT2D eigenvalue weighted by Crippen LogP contribution is 2.26. The van der Waals surface area contributed by atoms with Crippen LogP contribution in [0.5, 0.6) is 11.5 Å². The van der Waals surface area contributed by atoms with E-state index in [0.29, 0.717) is 31.2 Å². The molecule has 2 aromatic carbocycles. The van der Waals surface area contributed by atoms with Crippen LogP contribution >= 0.6 is 11.3 Å². The summed E-state index contributed by atoms with van der Waals surface area (Å²) < 4.78 is 11.3. The molecule has 5 nitrogen and oxygen atoms in total. The minimum Gasteiger partial charge on any atom is -0.494 e. The first-order chi connectivity index (χ1) is 14.0. The molecule has 0 unspecified atom stereocenters. The van der Waals surface area contributed by atoms with Crippen LogP contribution in [0.4, 0.5) is 5.13 Å². The number of nitrogens with zero attached hydrogens (tertiary/aromatic N) is 1. The molecule has 0 saturated heterocycles. The van der Waals surface area contributed by atoms with Crippen molar-refractivity contribution in [3.05, 3.63) is 59.0 Å². The van der Waals surface area contributed by atoms with Crippen LogP contribution in [0.25, 0.3) is 11.3 Å². The van der Waals surface area contributed by atoms with Gasteiger partial charge in [-0.05, 0) is 68.7 Å². The van der Waals surface area contributed by atoms with Crippen LogP contribution in [-0.4, -0.2) is 24.1 Å². The third kappa shape index (κ3) is 6.06. The standard InChI is InChI=1S/C23H26N2O3S/c1-4-27-19-11-9-18(10-12-19)20-15-29-23(24-20)25-22(26)6-5-13-28-21-14-16(2)7-8-17(21)3/h7-12,14-15H,4-6,13H2,1-3H3,(H,24,25,26). The maximum Gasteiger partial charge on any atom is 0.226 e. The molecule has 0 aliphatic heterocycles. The molecule has 1 amide bonds. The highest BCUT2D eigenvalue weighted by molar-refractivity contribution is 7.14. The summed E-state index contributed by atoms with van der Waals surface area (Å²) in [5.41, 5.74) is 4.10. The van der Waals surface area contributed by atoms with E-state index in [4.69, 9.17) is 9.47 Å². The summed E-state index contributed by atoms with van der Waals surface area (Å²) in [5, 5.41) is 5.42. The van der Waals surface area contributed by atoms with Crippen LogP contribution in [0.15, 0.2) is 47.8 Å². The maximum atomic E-state index is 12.2. The second-order valence-corrected chi connectivity index (χ2v) is 7.62. The molecule has 0 radical (unpaired) electrons. The third-order valence-corrected chi connectivity index (χ3v) is 5.12. The quantitative estimate of drug-likeness (QED) is 0.465. The van der Waals surface area contributed by atoms with Crippen molar-refractivity contribution >= 4 is 22.4 Å². The van der Waals surface area contributed by atoms with E-state index >= 15 is 0 Å². The molecule has 152 valence electrons. The van der Waals surface area contributed by atoms with Crippen LogP contribution in [0.1, 0.15) is 30.9 Å². The molecule has 0 atom stereocenters. The maximum absolute atomic E-state index is 12.2. The molecule has 6 heteroatoms. The van der Waals surface area contributed by atoms with Gasteiger partial charge in [-0.15, -0.1) is 11.3 Å². The van der Waals surface area contributed by atoms with Crippen molar-refractivity contribution in [3.8, 4) is 22.8 Å². The second kappa shape index (κ2) is 10.1. The van der Waals surface area contributed by atoms with Crippen molar-refractivity contribution in [2.24, 2.45) is 0 Å². The Morgan fingerprint density at radius 3 is 2.66 bits per heavy atom. The van der Waals surface area contributed by atoms with Crippen molar-refractivity contribution in [3.63, 3.8) is 0 Å². The largest absolute Gasteiger partial charge is 0.494 e. The Hall–Kier alpha value is -2.86. The van der Waals surface area contributed by atoms with Crippen LogP contribution in [0, 0.1) is 13.8 Å². The van der Waals surface area contributed by atoms with E-state index in [2.05, 4.69) is 16.4 Å². The molecule has 0 aliphatic carbocycles. The smallest absolute Gasteiger partial charge is 0.226 e. The van der Waals surface area contributed by atoms with Gasteiger partial charge in [0.05, 0.1) is 18.9 Å². The molecular formula is C23H26N2O3S. The molecule has 0 saturated carbocycles. The number of hydrogen-bond donors (Lipinski definition) is 1. The number of aromatic nitrogens is 1. The van der Waals surface area contributed by atoms with Gasteiger partial charge in [-0.25, -0.2) is 4.98 Å². The zero-order valence-corrected chi connectivity index (χ0v) is 17.8. The fourth-order valence-electron chi connectivity index (χ4n) is 2.81. The number of amides is 1. The van der Waals surface area contributed by atoms with E-state index in [1.807, 2.05) is 62.5 Å². The summed E-state index contributed by atoms with van der Waals surface area (Å²) in [6.45, 7) is 7.16. The number of ether oxygens (including phenoxy) is 2. The number of carbonyl (C=O) groups is 1. The molecule has 3 rings (SSSR count). The van der Waals surface area contributed by atoms with Gasteiger partial charge in [0.2, 0.25) is 5.91 Å². The summed E-state index contributed by atoms with van der Waals surface area (Å²) >= 11 is 1.42. The van der Waals surface area contributed by atoms with E-state index in [1.54, 1.807) is 0 Å². The van der Waals surface area contributed by atoms with Gasteiger partial charge in [0.25, 0.3) is 0 Å². The van der Waals surface area contributed by atoms with Crippen LogP contribution in [0.2, 0.25) is 0 Å². The minimum absolute atomic E-state index is 0.0536. The summed E-state index contributed by atoms with van der Waals surface area (Å²) in [6, 6.07) is 13.9. The molecule has 0 fully saturated rings. The van der Waals surface area contributed by atoms with Crippen molar-refractivity contribution in [2.45, 2.75) is 33.6 Å². The average Bonchev–Trinajstić information content (AvgIpc) is 3.17. The first-order valence-corrected chi connectivity index (χ1v) is 10.6. The lowest BCUT2D eigenvalue weighted by Crippen LogP contribution is -2.12. The van der Waals surface area contributed by atoms with Crippen LogP contribution in [0.3, 0.4) is 0 Å². The monoisotopic (exact) mass is 410 g/mol. The fraction of sp³-hybridized carbons (Fsp3) is 0.304. The second-order valence-electron chi connectivity index (χ2n) is 6.76. The van der Waals surface area contributed by atoms with Gasteiger partial charge >= 0.3 is 0 Å². The van der Waals surface area contributed by atoms with Gasteiger partial charge in [-0.1, -0.05) is 12.1 Å². The summed E-state index contributed by atoms with van der Waals surface area (Å²) in [6.07, 6.45) is 1.04. The number of nitrogens with one attached hydrogen (secondary N) is 1. The molecule has 0 spiro atoms. The normalized spacial score (nSPS) is 10.6. The van der Waals surface area contributed by atoms with Crippen molar-refractivity contribution < 1.29 is 14.3 Å². The highest BCUT2D eigenvalue weighted by Gasteiger charge is 2.09. The lowest BCUT2D eigenvalue weighted by molar-refractivity contribution is -0.116. The summed E-state index contributed by atoms with van der Waals surface area (Å²) in [7, 11) is 0. The Morgan fingerprint density at radius 2 is 1.90 bits per heavy atom. The minimum atomic E-state index is -0.0536. The number of rotatable bonds is 9. The molecule has 3 aromatic rings. The molecule has 0 bridgehead atoms. The van der Waals surface area contributed by atoms with Gasteiger partial charge in [-0.2, -0.15) is 0 Å². The Bertz CT molecular complexity index is 951. The molecule has 1 heterocycles. The molecule has 29 heavy (non-hydrogen) atoms. The lowest BCUT2D eigenvalue weighted by atomic mass is 10.1. The van der Waals surface area contributed by atoms with Crippen LogP contribution < -0.4 is 14.8 Å². The predicted octanol–water partition coefficient (Wildman–Crippen LogP) is 5.62. The third-order valence-electron chi connectivity index (χ3n) is 4.36. The summed E-state index contributed by atoms with van der Waals surface area (Å²) in [5.74, 6) is 1.66. The number of hydrogen-bond acceptors (Lipinski definition) is 5. The number of thiazole rings is 1. The van der Waals surface area contributed by atoms with E-state index in [9.17, 15) is 4.79 Å². The Labute approximate surface area is 175 Å². The Balaban J connectivity index is 1.45. The van der Waals surface area contributed by atoms with E-state index < -0.39 is 0 Å². The van der Waals surface area contributed by atoms with Crippen LogP contribution in [-0.2, 0) is 4.79 Å². The highest BCUT2D eigenvalue weighted by atomic mass is 32.1. The van der Waals surface area contributed by atoms with Gasteiger partial charge in [-0.3, -0.25) is 4.79 Å². The zero-order valence-electron chi connectivity index (χ0n) is 17.0. The first kappa shape index (κ1) is 20.9. The molecule has 0 aliphatic rings. The average molecular weight is 411 g/mol. The van der Waals surface area contributed by atoms with Gasteiger partial charge < -0.3 is 14.8 Å². The number of anilines is 1. The van der Waals surface area contributed by atoms with E-state index in [1.165, 1.54) is 11.3 Å². The van der Waals surface area contributed by atoms with Crippen molar-refractivity contribution in [1.29, 1.82) is 0 Å². The summed E-state index contributed by atoms with van der Waals surface area (Å²) in [4.78, 5) is 16.7. The van der Waals surface area contributed by atoms with E-state index in [0.717, 1.165) is 33.9 Å². The van der Waals surface area contributed by atoms with Gasteiger partial charge in [0.15, 0.2) is 5.13 Å². The number of carbonyl (C=O) groups excluding carboxylic acids is 1. The Kier molecular flexibility index (Phi) is 7.25. The topological polar surface area (TPSA) is 60.5 Å². The SMILES string of the molecule is CCOc1ccc(-c2csc(NC(=O)CCCOc3cc(C)ccc3C)n2)cc1. The Morgan fingerprint density at radius 1 is 1.10 bits per heavy atom. The van der Waals surface area contributed by atoms with Crippen molar-refractivity contribution in [2.75, 3.05) is 18.5 Å². The fourth-order valence-corrected chi connectivity index (χ4v) is 3.55. The first-order valence-electron chi connectivity index (χ1n) is 9.74. The lowest BCUT2D eigenvalue weighted by Gasteiger charge is -2.09. The van der Waals surface area contributed by atoms with Crippen molar-refractivity contribution in [1.82, 2.24) is 4.98 Å².